The summed E-state index contributed by atoms with van der Waals surface area (Å²) in [4.78, 5) is 12.3. The number of para-hydroxylation sites is 1. The molecule has 1 aliphatic heterocycles. The van der Waals surface area contributed by atoms with Crippen LogP contribution in [-0.4, -0.2) is 23.3 Å². The number of hydrogen-bond acceptors (Lipinski definition) is 4. The molecular weight excluding hydrogens is 320 g/mol. The SMILES string of the molecule is O=C(NC[C@@H](O)c1ccco1)N[C@@H]1CC2(CCC2)Oc2ccccc21. The average molecular weight is 342 g/mol. The molecule has 6 heteroatoms. The smallest absolute Gasteiger partial charge is 0.315 e. The number of rotatable bonds is 4. The molecule has 1 aliphatic carbocycles. The molecule has 132 valence electrons. The molecule has 0 bridgehead atoms. The lowest BCUT2D eigenvalue weighted by molar-refractivity contribution is -0.0356. The summed E-state index contributed by atoms with van der Waals surface area (Å²) in [5.41, 5.74) is 0.863. The molecule has 0 radical (unpaired) electrons. The second-order valence-corrected chi connectivity index (χ2v) is 6.82. The van der Waals surface area contributed by atoms with Crippen molar-refractivity contribution >= 4 is 6.03 Å². The normalized spacial score (nSPS) is 21.6. The van der Waals surface area contributed by atoms with Crippen molar-refractivity contribution in [3.63, 3.8) is 0 Å². The zero-order valence-electron chi connectivity index (χ0n) is 13.9. The van der Waals surface area contributed by atoms with Gasteiger partial charge in [-0.05, 0) is 37.5 Å². The maximum atomic E-state index is 12.3. The number of aliphatic hydroxyl groups excluding tert-OH is 1. The third-order valence-electron chi connectivity index (χ3n) is 5.09. The fourth-order valence-corrected chi connectivity index (χ4v) is 3.60. The highest BCUT2D eigenvalue weighted by Crippen LogP contribution is 2.48. The quantitative estimate of drug-likeness (QED) is 0.797. The van der Waals surface area contributed by atoms with Crippen LogP contribution in [0.2, 0.25) is 0 Å². The number of carbonyl (C=O) groups is 1. The Morgan fingerprint density at radius 1 is 1.28 bits per heavy atom. The molecule has 1 saturated carbocycles. The van der Waals surface area contributed by atoms with Gasteiger partial charge in [-0.2, -0.15) is 0 Å². The van der Waals surface area contributed by atoms with E-state index in [1.807, 2.05) is 24.3 Å². The molecule has 1 fully saturated rings. The Morgan fingerprint density at radius 3 is 2.84 bits per heavy atom. The minimum absolute atomic E-state index is 0.0917. The van der Waals surface area contributed by atoms with Crippen LogP contribution in [0.5, 0.6) is 5.75 Å². The molecule has 1 aromatic heterocycles. The summed E-state index contributed by atoms with van der Waals surface area (Å²) in [5, 5.41) is 15.7. The number of fused-ring (bicyclic) bond motifs is 1. The fraction of sp³-hybridized carbons (Fsp3) is 0.421. The van der Waals surface area contributed by atoms with Crippen LogP contribution in [0.4, 0.5) is 4.79 Å². The van der Waals surface area contributed by atoms with Crippen molar-refractivity contribution in [2.24, 2.45) is 0 Å². The van der Waals surface area contributed by atoms with Crippen LogP contribution in [0.1, 0.15) is 49.2 Å². The zero-order chi connectivity index (χ0) is 17.3. The predicted octanol–water partition coefficient (Wildman–Crippen LogP) is 3.06. The van der Waals surface area contributed by atoms with Crippen LogP contribution in [0.15, 0.2) is 47.1 Å². The molecular formula is C19H22N2O4. The van der Waals surface area contributed by atoms with E-state index in [1.165, 1.54) is 6.26 Å². The van der Waals surface area contributed by atoms with Gasteiger partial charge in [0.15, 0.2) is 0 Å². The second-order valence-electron chi connectivity index (χ2n) is 6.82. The van der Waals surface area contributed by atoms with Crippen molar-refractivity contribution in [3.05, 3.63) is 54.0 Å². The number of furan rings is 1. The summed E-state index contributed by atoms with van der Waals surface area (Å²) >= 11 is 0. The van der Waals surface area contributed by atoms with E-state index in [2.05, 4.69) is 10.6 Å². The largest absolute Gasteiger partial charge is 0.487 e. The van der Waals surface area contributed by atoms with Gasteiger partial charge in [-0.3, -0.25) is 0 Å². The standard InChI is InChI=1S/C19H22N2O4/c22-15(17-7-3-10-24-17)12-20-18(23)21-14-11-19(8-4-9-19)25-16-6-2-1-5-13(14)16/h1-3,5-7,10,14-15,22H,4,8-9,11-12H2,(H2,20,21,23)/t14-,15-/m1/s1. The summed E-state index contributed by atoms with van der Waals surface area (Å²) in [7, 11) is 0. The summed E-state index contributed by atoms with van der Waals surface area (Å²) in [6.45, 7) is 0.0926. The predicted molar refractivity (Wildman–Crippen MR) is 91.2 cm³/mol. The van der Waals surface area contributed by atoms with Crippen molar-refractivity contribution in [2.75, 3.05) is 6.54 Å². The first-order chi connectivity index (χ1) is 12.2. The Hall–Kier alpha value is -2.47. The number of urea groups is 1. The van der Waals surface area contributed by atoms with Crippen molar-refractivity contribution in [1.82, 2.24) is 10.6 Å². The van der Waals surface area contributed by atoms with Crippen LogP contribution in [0.25, 0.3) is 0 Å². The number of hydrogen-bond donors (Lipinski definition) is 3. The molecule has 2 heterocycles. The molecule has 2 amide bonds. The summed E-state index contributed by atoms with van der Waals surface area (Å²) in [6.07, 6.45) is 4.63. The topological polar surface area (TPSA) is 83.7 Å². The highest BCUT2D eigenvalue weighted by atomic mass is 16.5. The van der Waals surface area contributed by atoms with Crippen LogP contribution in [0, 0.1) is 0 Å². The Kier molecular flexibility index (Phi) is 4.13. The molecule has 2 aliphatic rings. The minimum Gasteiger partial charge on any atom is -0.487 e. The number of ether oxygens (including phenoxy) is 1. The van der Waals surface area contributed by atoms with Crippen molar-refractivity contribution in [2.45, 2.75) is 43.4 Å². The van der Waals surface area contributed by atoms with Crippen LogP contribution < -0.4 is 15.4 Å². The molecule has 2 atom stereocenters. The molecule has 0 unspecified atom stereocenters. The Bertz CT molecular complexity index is 740. The summed E-state index contributed by atoms with van der Waals surface area (Å²) in [5.74, 6) is 1.29. The Labute approximate surface area is 146 Å². The van der Waals surface area contributed by atoms with Gasteiger partial charge in [0.05, 0.1) is 18.8 Å². The first kappa shape index (κ1) is 16.0. The van der Waals surface area contributed by atoms with Gasteiger partial charge in [-0.1, -0.05) is 18.2 Å². The monoisotopic (exact) mass is 342 g/mol. The molecule has 25 heavy (non-hydrogen) atoms. The van der Waals surface area contributed by atoms with E-state index in [0.717, 1.165) is 37.0 Å². The van der Waals surface area contributed by atoms with E-state index in [9.17, 15) is 9.90 Å². The van der Waals surface area contributed by atoms with Crippen molar-refractivity contribution in [1.29, 1.82) is 0 Å². The number of nitrogens with one attached hydrogen (secondary N) is 2. The van der Waals surface area contributed by atoms with Gasteiger partial charge in [-0.25, -0.2) is 4.79 Å². The number of aliphatic hydroxyl groups is 1. The minimum atomic E-state index is -0.860. The highest BCUT2D eigenvalue weighted by Gasteiger charge is 2.45. The molecule has 3 N–H and O–H groups in total. The van der Waals surface area contributed by atoms with Crippen LogP contribution in [-0.2, 0) is 0 Å². The first-order valence-corrected chi connectivity index (χ1v) is 8.69. The average Bonchev–Trinajstić information content (AvgIpc) is 3.13. The van der Waals surface area contributed by atoms with Gasteiger partial charge in [0.2, 0.25) is 0 Å². The lowest BCUT2D eigenvalue weighted by Gasteiger charge is -2.48. The van der Waals surface area contributed by atoms with Gasteiger partial charge in [-0.15, -0.1) is 0 Å². The summed E-state index contributed by atoms with van der Waals surface area (Å²) < 4.78 is 11.3. The maximum Gasteiger partial charge on any atom is 0.315 e. The van der Waals surface area contributed by atoms with Gasteiger partial charge >= 0.3 is 6.03 Å². The maximum absolute atomic E-state index is 12.3. The number of carbonyl (C=O) groups excluding carboxylic acids is 1. The zero-order valence-corrected chi connectivity index (χ0v) is 13.9. The summed E-state index contributed by atoms with van der Waals surface area (Å²) in [6, 6.07) is 10.8. The molecule has 0 saturated heterocycles. The second kappa shape index (κ2) is 6.44. The van der Waals surface area contributed by atoms with Gasteiger partial charge in [0.25, 0.3) is 0 Å². The lowest BCUT2D eigenvalue weighted by Crippen LogP contribution is -2.51. The molecule has 1 spiro atoms. The van der Waals surface area contributed by atoms with E-state index in [4.69, 9.17) is 9.15 Å². The number of benzene rings is 1. The van der Waals surface area contributed by atoms with Crippen LogP contribution >= 0.6 is 0 Å². The third kappa shape index (κ3) is 3.22. The molecule has 4 rings (SSSR count). The lowest BCUT2D eigenvalue weighted by atomic mass is 9.73. The van der Waals surface area contributed by atoms with E-state index < -0.39 is 6.10 Å². The van der Waals surface area contributed by atoms with Crippen LogP contribution in [0.3, 0.4) is 0 Å². The Morgan fingerprint density at radius 2 is 2.12 bits per heavy atom. The van der Waals surface area contributed by atoms with Crippen molar-refractivity contribution < 1.29 is 19.1 Å². The van der Waals surface area contributed by atoms with E-state index >= 15 is 0 Å². The van der Waals surface area contributed by atoms with Gasteiger partial charge < -0.3 is 24.9 Å². The van der Waals surface area contributed by atoms with Gasteiger partial charge in [0, 0.05) is 12.0 Å². The van der Waals surface area contributed by atoms with E-state index in [1.54, 1.807) is 12.1 Å². The fourth-order valence-electron chi connectivity index (χ4n) is 3.60. The van der Waals surface area contributed by atoms with Crippen molar-refractivity contribution in [3.8, 4) is 5.75 Å². The molecule has 1 aromatic carbocycles. The third-order valence-corrected chi connectivity index (χ3v) is 5.09. The highest BCUT2D eigenvalue weighted by molar-refractivity contribution is 5.74. The van der Waals surface area contributed by atoms with E-state index in [-0.39, 0.29) is 24.2 Å². The first-order valence-electron chi connectivity index (χ1n) is 8.69. The molecule has 6 nitrogen and oxygen atoms in total. The number of amides is 2. The Balaban J connectivity index is 1.40. The molecule has 2 aromatic rings. The van der Waals surface area contributed by atoms with Gasteiger partial charge in [0.1, 0.15) is 23.2 Å². The van der Waals surface area contributed by atoms with E-state index in [0.29, 0.717) is 5.76 Å².